The van der Waals surface area contributed by atoms with Gasteiger partial charge in [0.1, 0.15) is 0 Å². The van der Waals surface area contributed by atoms with Crippen LogP contribution in [0.3, 0.4) is 0 Å². The third kappa shape index (κ3) is 4.63. The number of rotatable bonds is 4. The normalized spacial score (nSPS) is 22.5. The van der Waals surface area contributed by atoms with E-state index < -0.39 is 17.4 Å². The van der Waals surface area contributed by atoms with Crippen molar-refractivity contribution in [3.05, 3.63) is 83.0 Å². The maximum Gasteiger partial charge on any atom is 0.407 e. The molecule has 0 radical (unpaired) electrons. The van der Waals surface area contributed by atoms with Crippen LogP contribution in [0.5, 0.6) is 0 Å². The smallest absolute Gasteiger partial charge is 0.407 e. The zero-order chi connectivity index (χ0) is 27.2. The van der Waals surface area contributed by atoms with Crippen molar-refractivity contribution in [1.82, 2.24) is 9.80 Å². The fourth-order valence-corrected chi connectivity index (χ4v) is 6.40. The molecule has 1 heterocycles. The molecule has 5 rings (SSSR count). The van der Waals surface area contributed by atoms with E-state index >= 15 is 0 Å². The van der Waals surface area contributed by atoms with Crippen LogP contribution in [0.25, 0.3) is 11.1 Å². The van der Waals surface area contributed by atoms with Gasteiger partial charge in [-0.25, -0.2) is 13.6 Å². The van der Waals surface area contributed by atoms with Gasteiger partial charge in [0.15, 0.2) is 0 Å². The predicted octanol–water partition coefficient (Wildman–Crippen LogP) is 6.71. The molecule has 3 aliphatic rings. The molecule has 2 aromatic rings. The summed E-state index contributed by atoms with van der Waals surface area (Å²) in [4.78, 5) is 28.5. The molecule has 2 aliphatic carbocycles. The number of fused-ring (bicyclic) bond motifs is 3. The summed E-state index contributed by atoms with van der Waals surface area (Å²) >= 11 is 0. The molecule has 1 unspecified atom stereocenters. The van der Waals surface area contributed by atoms with Crippen molar-refractivity contribution in [3.63, 3.8) is 0 Å². The highest BCUT2D eigenvalue weighted by atomic mass is 19.3. The van der Waals surface area contributed by atoms with Gasteiger partial charge in [-0.3, -0.25) is 4.79 Å². The van der Waals surface area contributed by atoms with Crippen LogP contribution in [0.1, 0.15) is 57.1 Å². The van der Waals surface area contributed by atoms with Gasteiger partial charge in [0, 0.05) is 38.0 Å². The zero-order valence-electron chi connectivity index (χ0n) is 22.1. The molecule has 5 nitrogen and oxygen atoms in total. The highest BCUT2D eigenvalue weighted by Crippen LogP contribution is 2.48. The van der Waals surface area contributed by atoms with E-state index in [1.54, 1.807) is 11.0 Å². The van der Waals surface area contributed by atoms with Gasteiger partial charge in [-0.1, -0.05) is 68.5 Å². The van der Waals surface area contributed by atoms with E-state index in [4.69, 9.17) is 0 Å². The number of carbonyl (C=O) groups is 2. The Bertz CT molecular complexity index is 1280. The van der Waals surface area contributed by atoms with Crippen LogP contribution >= 0.6 is 0 Å². The molecule has 1 aliphatic heterocycles. The fourth-order valence-electron chi connectivity index (χ4n) is 6.40. The quantitative estimate of drug-likeness (QED) is 0.456. The molecular weight excluding hydrogens is 486 g/mol. The average molecular weight is 521 g/mol. The van der Waals surface area contributed by atoms with E-state index in [2.05, 4.69) is 24.3 Å². The molecule has 7 heteroatoms. The van der Waals surface area contributed by atoms with Crippen LogP contribution in [0.15, 0.2) is 71.8 Å². The highest BCUT2D eigenvalue weighted by Gasteiger charge is 2.43. The second-order valence-electron chi connectivity index (χ2n) is 11.3. The summed E-state index contributed by atoms with van der Waals surface area (Å²) in [6.07, 6.45) is 2.64. The molecule has 0 aromatic heterocycles. The molecule has 1 N–H and O–H groups in total. The monoisotopic (exact) mass is 520 g/mol. The van der Waals surface area contributed by atoms with Gasteiger partial charge in [-0.05, 0) is 58.6 Å². The molecule has 2 amide bonds. The largest absolute Gasteiger partial charge is 0.465 e. The standard InChI is InChI=1S/C31H34F2N2O3/c1-20-27(30(2,3)14-15-31(20,32)33)12-13-28(36)34-16-17-35(29(37)38)21(19-34)18-26-24-10-6-4-8-22(24)23-9-5-7-11-25(23)26/h4-13,21,26H,14-19H2,1-3H3,(H,37,38)/b13-12+. The number of allylic oxidation sites excluding steroid dienone is 3. The van der Waals surface area contributed by atoms with Crippen molar-refractivity contribution < 1.29 is 23.5 Å². The van der Waals surface area contributed by atoms with Gasteiger partial charge >= 0.3 is 6.09 Å². The topological polar surface area (TPSA) is 60.9 Å². The van der Waals surface area contributed by atoms with Crippen LogP contribution in [0, 0.1) is 5.41 Å². The van der Waals surface area contributed by atoms with E-state index in [0.29, 0.717) is 18.4 Å². The first-order valence-electron chi connectivity index (χ1n) is 13.2. The first kappa shape index (κ1) is 26.1. The highest BCUT2D eigenvalue weighted by molar-refractivity contribution is 5.88. The number of piperazine rings is 1. The molecule has 1 fully saturated rings. The Hall–Kier alpha value is -3.48. The molecule has 2 aromatic carbocycles. The van der Waals surface area contributed by atoms with Crippen LogP contribution in [0.4, 0.5) is 13.6 Å². The summed E-state index contributed by atoms with van der Waals surface area (Å²) in [6, 6.07) is 16.0. The summed E-state index contributed by atoms with van der Waals surface area (Å²) in [5.41, 5.74) is 4.74. The van der Waals surface area contributed by atoms with Crippen molar-refractivity contribution in [2.45, 2.75) is 57.9 Å². The maximum absolute atomic E-state index is 14.4. The van der Waals surface area contributed by atoms with Crippen LogP contribution in [0.2, 0.25) is 0 Å². The van der Waals surface area contributed by atoms with E-state index in [0.717, 1.165) is 11.1 Å². The minimum Gasteiger partial charge on any atom is -0.465 e. The van der Waals surface area contributed by atoms with E-state index in [1.807, 2.05) is 38.1 Å². The Morgan fingerprint density at radius 3 is 2.21 bits per heavy atom. The molecule has 1 atom stereocenters. The number of amides is 2. The average Bonchev–Trinajstić information content (AvgIpc) is 3.20. The number of hydrogen-bond donors (Lipinski definition) is 1. The molecule has 200 valence electrons. The summed E-state index contributed by atoms with van der Waals surface area (Å²) in [7, 11) is 0. The molecular formula is C31H34F2N2O3. The summed E-state index contributed by atoms with van der Waals surface area (Å²) < 4.78 is 28.8. The lowest BCUT2D eigenvalue weighted by molar-refractivity contribution is -0.128. The van der Waals surface area contributed by atoms with Gasteiger partial charge in [-0.2, -0.15) is 0 Å². The van der Waals surface area contributed by atoms with Gasteiger partial charge in [0.05, 0.1) is 6.04 Å². The zero-order valence-corrected chi connectivity index (χ0v) is 22.1. The number of halogens is 2. The summed E-state index contributed by atoms with van der Waals surface area (Å²) in [5, 5.41) is 9.94. The first-order chi connectivity index (χ1) is 18.0. The lowest BCUT2D eigenvalue weighted by atomic mass is 9.71. The number of alkyl halides is 2. The molecule has 38 heavy (non-hydrogen) atoms. The number of nitrogens with zero attached hydrogens (tertiary/aromatic N) is 2. The second-order valence-corrected chi connectivity index (χ2v) is 11.3. The maximum atomic E-state index is 14.4. The lowest BCUT2D eigenvalue weighted by Crippen LogP contribution is -2.56. The Morgan fingerprint density at radius 2 is 1.61 bits per heavy atom. The Labute approximate surface area is 222 Å². The van der Waals surface area contributed by atoms with Crippen LogP contribution in [-0.4, -0.2) is 58.5 Å². The molecule has 0 saturated carbocycles. The van der Waals surface area contributed by atoms with Crippen molar-refractivity contribution in [2.24, 2.45) is 5.41 Å². The van der Waals surface area contributed by atoms with E-state index in [-0.39, 0.29) is 49.5 Å². The van der Waals surface area contributed by atoms with Crippen LogP contribution < -0.4 is 0 Å². The molecule has 1 saturated heterocycles. The lowest BCUT2D eigenvalue weighted by Gasteiger charge is -2.41. The second kappa shape index (κ2) is 9.68. The van der Waals surface area contributed by atoms with Gasteiger partial charge in [0.25, 0.3) is 5.92 Å². The summed E-state index contributed by atoms with van der Waals surface area (Å²) in [5.74, 6) is -3.13. The third-order valence-electron chi connectivity index (χ3n) is 8.65. The minimum absolute atomic E-state index is 0.0185. The van der Waals surface area contributed by atoms with E-state index in [1.165, 1.54) is 29.0 Å². The number of hydrogen-bond acceptors (Lipinski definition) is 2. The molecule has 0 spiro atoms. The Kier molecular flexibility index (Phi) is 6.66. The third-order valence-corrected chi connectivity index (χ3v) is 8.65. The minimum atomic E-state index is -2.87. The molecule has 0 bridgehead atoms. The summed E-state index contributed by atoms with van der Waals surface area (Å²) in [6.45, 7) is 6.03. The first-order valence-corrected chi connectivity index (χ1v) is 13.2. The fraction of sp³-hybridized carbons (Fsp3) is 0.419. The van der Waals surface area contributed by atoms with Crippen molar-refractivity contribution in [2.75, 3.05) is 19.6 Å². The van der Waals surface area contributed by atoms with Crippen molar-refractivity contribution in [1.29, 1.82) is 0 Å². The van der Waals surface area contributed by atoms with Gasteiger partial charge in [-0.15, -0.1) is 0 Å². The Morgan fingerprint density at radius 1 is 1.00 bits per heavy atom. The Balaban J connectivity index is 1.38. The van der Waals surface area contributed by atoms with Gasteiger partial charge in [0.2, 0.25) is 5.91 Å². The number of benzene rings is 2. The van der Waals surface area contributed by atoms with Crippen molar-refractivity contribution >= 4 is 12.0 Å². The predicted molar refractivity (Wildman–Crippen MR) is 143 cm³/mol. The number of carbonyl (C=O) groups excluding carboxylic acids is 1. The van der Waals surface area contributed by atoms with Gasteiger partial charge < -0.3 is 14.9 Å². The van der Waals surface area contributed by atoms with E-state index in [9.17, 15) is 23.5 Å². The SMILES string of the molecule is CC1=C(/C=C/C(=O)N2CCN(C(=O)O)C(CC3c4ccccc4-c4ccccc43)C2)C(C)(C)CCC1(F)F. The van der Waals surface area contributed by atoms with Crippen molar-refractivity contribution in [3.8, 4) is 11.1 Å². The number of carboxylic acid groups (broad SMARTS) is 1. The van der Waals surface area contributed by atoms with Crippen LogP contribution in [-0.2, 0) is 4.79 Å².